The van der Waals surface area contributed by atoms with E-state index in [4.69, 9.17) is 16.8 Å². The van der Waals surface area contributed by atoms with Gasteiger partial charge < -0.3 is 5.11 Å². The number of aliphatic carboxylic acids is 1. The van der Waals surface area contributed by atoms with E-state index in [1.165, 1.54) is 0 Å². The van der Waals surface area contributed by atoms with Crippen molar-refractivity contribution >= 4 is 18.4 Å². The molecule has 0 aliphatic carbocycles. The molecular formula is C9H14ClN3O2. The van der Waals surface area contributed by atoms with Crippen LogP contribution in [0.4, 0.5) is 0 Å². The second kappa shape index (κ2) is 6.36. The fraction of sp³-hybridized carbons (Fsp3) is 0.222. The van der Waals surface area contributed by atoms with Crippen LogP contribution in [0.2, 0.25) is 0 Å². The number of benzene rings is 1. The van der Waals surface area contributed by atoms with E-state index < -0.39 is 12.0 Å². The van der Waals surface area contributed by atoms with Crippen LogP contribution in [0.1, 0.15) is 5.56 Å². The van der Waals surface area contributed by atoms with Crippen molar-refractivity contribution in [3.63, 3.8) is 0 Å². The molecule has 0 radical (unpaired) electrons. The van der Waals surface area contributed by atoms with Crippen molar-refractivity contribution in [2.45, 2.75) is 12.5 Å². The Morgan fingerprint density at radius 2 is 1.87 bits per heavy atom. The van der Waals surface area contributed by atoms with Gasteiger partial charge in [0, 0.05) is 6.42 Å². The summed E-state index contributed by atoms with van der Waals surface area (Å²) in [5.74, 6) is 9.40. The summed E-state index contributed by atoms with van der Waals surface area (Å²) >= 11 is 0. The van der Waals surface area contributed by atoms with Crippen LogP contribution in [0.3, 0.4) is 0 Å². The Kier molecular flexibility index (Phi) is 5.88. The Balaban J connectivity index is 0.00000196. The van der Waals surface area contributed by atoms with Crippen molar-refractivity contribution in [2.24, 2.45) is 11.7 Å². The first-order valence-corrected chi connectivity index (χ1v) is 4.16. The normalized spacial score (nSPS) is 11.9. The van der Waals surface area contributed by atoms with Gasteiger partial charge in [-0.2, -0.15) is 5.12 Å². The van der Waals surface area contributed by atoms with Gasteiger partial charge in [0.15, 0.2) is 0 Å². The molecule has 0 heterocycles. The molecule has 5 N–H and O–H groups in total. The first-order chi connectivity index (χ1) is 6.61. The molecule has 1 aromatic rings. The topological polar surface area (TPSA) is 92.6 Å². The molecule has 5 nitrogen and oxygen atoms in total. The Hall–Kier alpha value is -1.14. The highest BCUT2D eigenvalue weighted by Crippen LogP contribution is 2.04. The predicted octanol–water partition coefficient (Wildman–Crippen LogP) is 0.153. The quantitative estimate of drug-likeness (QED) is 0.507. The monoisotopic (exact) mass is 231 g/mol. The fourth-order valence-corrected chi connectivity index (χ4v) is 1.16. The summed E-state index contributed by atoms with van der Waals surface area (Å²) in [7, 11) is 0. The van der Waals surface area contributed by atoms with E-state index in [0.29, 0.717) is 6.42 Å². The maximum atomic E-state index is 10.7. The van der Waals surface area contributed by atoms with Crippen LogP contribution in [0.25, 0.3) is 0 Å². The Bertz CT molecular complexity index is 305. The van der Waals surface area contributed by atoms with Crippen LogP contribution in [0.5, 0.6) is 0 Å². The molecule has 0 aromatic heterocycles. The number of hydrogen-bond acceptors (Lipinski definition) is 4. The molecule has 6 heteroatoms. The summed E-state index contributed by atoms with van der Waals surface area (Å²) in [6.07, 6.45) is 0.295. The van der Waals surface area contributed by atoms with Gasteiger partial charge in [-0.1, -0.05) is 30.3 Å². The van der Waals surface area contributed by atoms with Crippen LogP contribution >= 0.6 is 12.4 Å². The summed E-state index contributed by atoms with van der Waals surface area (Å²) in [6.45, 7) is 0. The summed E-state index contributed by atoms with van der Waals surface area (Å²) in [5, 5.41) is 9.52. The highest BCUT2D eigenvalue weighted by Gasteiger charge is 2.21. The molecule has 0 saturated heterocycles. The molecule has 0 aliphatic heterocycles. The van der Waals surface area contributed by atoms with E-state index in [-0.39, 0.29) is 12.4 Å². The summed E-state index contributed by atoms with van der Waals surface area (Å²) in [6, 6.07) is 8.32. The lowest BCUT2D eigenvalue weighted by atomic mass is 10.1. The van der Waals surface area contributed by atoms with Gasteiger partial charge >= 0.3 is 5.97 Å². The summed E-state index contributed by atoms with van der Waals surface area (Å²) in [4.78, 5) is 10.7. The van der Waals surface area contributed by atoms with Crippen molar-refractivity contribution in [1.29, 1.82) is 0 Å². The number of halogens is 1. The maximum Gasteiger partial charge on any atom is 0.324 e. The third-order valence-electron chi connectivity index (χ3n) is 1.92. The van der Waals surface area contributed by atoms with E-state index in [0.717, 1.165) is 10.7 Å². The number of rotatable bonds is 4. The number of carboxylic acid groups (broad SMARTS) is 1. The van der Waals surface area contributed by atoms with Gasteiger partial charge in [0.05, 0.1) is 0 Å². The van der Waals surface area contributed by atoms with E-state index in [1.54, 1.807) is 0 Å². The molecule has 0 bridgehead atoms. The van der Waals surface area contributed by atoms with Crippen LogP contribution < -0.4 is 11.7 Å². The van der Waals surface area contributed by atoms with Gasteiger partial charge in [0.2, 0.25) is 0 Å². The minimum Gasteiger partial charge on any atom is -0.480 e. The van der Waals surface area contributed by atoms with Crippen LogP contribution in [-0.2, 0) is 11.2 Å². The lowest BCUT2D eigenvalue weighted by Gasteiger charge is -2.18. The molecule has 1 aromatic carbocycles. The zero-order valence-corrected chi connectivity index (χ0v) is 8.85. The van der Waals surface area contributed by atoms with Gasteiger partial charge in [0.25, 0.3) is 0 Å². The third kappa shape index (κ3) is 4.26. The smallest absolute Gasteiger partial charge is 0.324 e. The Morgan fingerprint density at radius 3 is 2.27 bits per heavy atom. The largest absolute Gasteiger partial charge is 0.480 e. The average Bonchev–Trinajstić information content (AvgIpc) is 2.15. The molecule has 15 heavy (non-hydrogen) atoms. The second-order valence-corrected chi connectivity index (χ2v) is 2.99. The number of hydrazine groups is 2. The standard InChI is InChI=1S/C9H13N3O2.ClH/c10-12(11)8(9(13)14)6-7-4-2-1-3-5-7;/h1-5,8H,6,10-11H2,(H,13,14);1H/t8-;/m0./s1. The molecule has 0 unspecified atom stereocenters. The number of nitrogens with zero attached hydrogens (tertiary/aromatic N) is 1. The minimum atomic E-state index is -1.03. The number of nitrogens with two attached hydrogens (primary N) is 2. The molecule has 0 saturated carbocycles. The van der Waals surface area contributed by atoms with Crippen molar-refractivity contribution in [1.82, 2.24) is 5.12 Å². The molecule has 0 aliphatic rings. The second-order valence-electron chi connectivity index (χ2n) is 2.99. The van der Waals surface area contributed by atoms with Crippen LogP contribution in [0.15, 0.2) is 30.3 Å². The summed E-state index contributed by atoms with van der Waals surface area (Å²) < 4.78 is 0. The molecular weight excluding hydrogens is 218 g/mol. The first kappa shape index (κ1) is 13.9. The lowest BCUT2D eigenvalue weighted by molar-refractivity contribution is -0.143. The van der Waals surface area contributed by atoms with Crippen molar-refractivity contribution in [2.75, 3.05) is 0 Å². The predicted molar refractivity (Wildman–Crippen MR) is 59.0 cm³/mol. The molecule has 0 spiro atoms. The van der Waals surface area contributed by atoms with Gasteiger partial charge in [-0.25, -0.2) is 0 Å². The van der Waals surface area contributed by atoms with Crippen LogP contribution in [0, 0.1) is 0 Å². The van der Waals surface area contributed by atoms with E-state index in [1.807, 2.05) is 30.3 Å². The van der Waals surface area contributed by atoms with E-state index in [2.05, 4.69) is 0 Å². The molecule has 1 atom stereocenters. The number of carboxylic acids is 1. The zero-order valence-electron chi connectivity index (χ0n) is 8.04. The highest BCUT2D eigenvalue weighted by atomic mass is 35.5. The summed E-state index contributed by atoms with van der Waals surface area (Å²) in [5.41, 5.74) is 0.890. The molecule has 1 rings (SSSR count). The van der Waals surface area contributed by atoms with Gasteiger partial charge in [-0.05, 0) is 5.56 Å². The van der Waals surface area contributed by atoms with Crippen LogP contribution in [-0.4, -0.2) is 22.2 Å². The van der Waals surface area contributed by atoms with Crippen molar-refractivity contribution in [3.05, 3.63) is 35.9 Å². The van der Waals surface area contributed by atoms with Crippen molar-refractivity contribution < 1.29 is 9.90 Å². The number of hydrogen-bond donors (Lipinski definition) is 3. The zero-order chi connectivity index (χ0) is 10.6. The third-order valence-corrected chi connectivity index (χ3v) is 1.92. The molecule has 0 fully saturated rings. The Morgan fingerprint density at radius 1 is 1.33 bits per heavy atom. The van der Waals surface area contributed by atoms with E-state index in [9.17, 15) is 4.79 Å². The van der Waals surface area contributed by atoms with Gasteiger partial charge in [-0.15, -0.1) is 12.4 Å². The average molecular weight is 232 g/mol. The maximum absolute atomic E-state index is 10.7. The highest BCUT2D eigenvalue weighted by molar-refractivity contribution is 5.85. The molecule has 0 amide bonds. The molecule has 84 valence electrons. The Labute approximate surface area is 94.0 Å². The first-order valence-electron chi connectivity index (χ1n) is 4.16. The minimum absolute atomic E-state index is 0. The lowest BCUT2D eigenvalue weighted by Crippen LogP contribution is -2.51. The SMILES string of the molecule is Cl.NN(N)[C@@H](Cc1ccccc1)C(=O)O. The van der Waals surface area contributed by atoms with E-state index >= 15 is 0 Å². The van der Waals surface area contributed by atoms with Gasteiger partial charge in [0.1, 0.15) is 6.04 Å². The van der Waals surface area contributed by atoms with Crippen molar-refractivity contribution in [3.8, 4) is 0 Å². The van der Waals surface area contributed by atoms with Gasteiger partial charge in [-0.3, -0.25) is 16.5 Å². The fourth-order valence-electron chi connectivity index (χ4n) is 1.16. The number of carbonyl (C=O) groups is 1.